The second-order valence-corrected chi connectivity index (χ2v) is 7.68. The van der Waals surface area contributed by atoms with Crippen molar-refractivity contribution in [1.29, 1.82) is 0 Å². The number of carbonyl (C=O) groups is 2. The first-order valence-corrected chi connectivity index (χ1v) is 8.47. The van der Waals surface area contributed by atoms with Crippen LogP contribution in [0.4, 0.5) is 0 Å². The molecule has 0 bridgehead atoms. The molecular formula is C19H21ClN2O2. The minimum atomic E-state index is -0.649. The average molecular weight is 345 g/mol. The maximum atomic E-state index is 12.9. The highest BCUT2D eigenvalue weighted by atomic mass is 35.5. The van der Waals surface area contributed by atoms with Gasteiger partial charge in [0.15, 0.2) is 5.78 Å². The Balaban J connectivity index is 2.08. The number of hydrogen-bond donors (Lipinski definition) is 0. The van der Waals surface area contributed by atoms with Crippen molar-refractivity contribution in [2.75, 3.05) is 0 Å². The van der Waals surface area contributed by atoms with Crippen LogP contribution in [0.25, 0.3) is 5.69 Å². The van der Waals surface area contributed by atoms with Gasteiger partial charge >= 0.3 is 0 Å². The van der Waals surface area contributed by atoms with Crippen LogP contribution in [0.2, 0.25) is 5.02 Å². The number of halogens is 1. The molecule has 4 nitrogen and oxygen atoms in total. The Morgan fingerprint density at radius 3 is 2.38 bits per heavy atom. The lowest BCUT2D eigenvalue weighted by atomic mass is 9.67. The van der Waals surface area contributed by atoms with Crippen LogP contribution in [0.1, 0.15) is 49.3 Å². The van der Waals surface area contributed by atoms with Gasteiger partial charge in [0.25, 0.3) is 0 Å². The van der Waals surface area contributed by atoms with Crippen molar-refractivity contribution in [3.05, 3.63) is 46.2 Å². The first kappa shape index (κ1) is 16.9. The molecule has 1 atom stereocenters. The molecule has 5 heteroatoms. The minimum Gasteiger partial charge on any atom is -0.299 e. The van der Waals surface area contributed by atoms with Gasteiger partial charge in [0, 0.05) is 18.0 Å². The highest BCUT2D eigenvalue weighted by Crippen LogP contribution is 2.40. The smallest absolute Gasteiger partial charge is 0.153 e. The van der Waals surface area contributed by atoms with Crippen molar-refractivity contribution in [3.63, 3.8) is 0 Å². The van der Waals surface area contributed by atoms with Gasteiger partial charge in [-0.15, -0.1) is 0 Å². The van der Waals surface area contributed by atoms with E-state index in [0.717, 1.165) is 22.4 Å². The van der Waals surface area contributed by atoms with Crippen LogP contribution in [0.3, 0.4) is 0 Å². The number of ketones is 2. The van der Waals surface area contributed by atoms with E-state index in [1.54, 1.807) is 17.1 Å². The molecular weight excluding hydrogens is 324 g/mol. The fourth-order valence-corrected chi connectivity index (χ4v) is 3.65. The standard InChI is InChI=1S/C19H21ClN2O2/c1-11-7-14(22-10-13(20)9-21-22)8-12(2)16(11)17-15(23)5-6-19(3,4)18(17)24/h7-10,17H,5-6H2,1-4H3. The second-order valence-electron chi connectivity index (χ2n) is 7.24. The highest BCUT2D eigenvalue weighted by Gasteiger charge is 2.43. The molecule has 1 unspecified atom stereocenters. The van der Waals surface area contributed by atoms with Gasteiger partial charge in [-0.25, -0.2) is 4.68 Å². The summed E-state index contributed by atoms with van der Waals surface area (Å²) in [5, 5.41) is 4.78. The molecule has 0 spiro atoms. The number of aromatic nitrogens is 2. The maximum Gasteiger partial charge on any atom is 0.153 e. The largest absolute Gasteiger partial charge is 0.299 e. The third-order valence-electron chi connectivity index (χ3n) is 4.93. The maximum absolute atomic E-state index is 12.9. The van der Waals surface area contributed by atoms with Crippen LogP contribution in [0.15, 0.2) is 24.5 Å². The Kier molecular flexibility index (Phi) is 4.12. The average Bonchev–Trinajstić information content (AvgIpc) is 2.93. The lowest BCUT2D eigenvalue weighted by molar-refractivity contribution is -0.139. The van der Waals surface area contributed by atoms with Crippen LogP contribution < -0.4 is 0 Å². The summed E-state index contributed by atoms with van der Waals surface area (Å²) in [6, 6.07) is 3.90. The van der Waals surface area contributed by atoms with Gasteiger partial charge < -0.3 is 0 Å². The van der Waals surface area contributed by atoms with E-state index in [1.807, 2.05) is 39.8 Å². The molecule has 126 valence electrons. The van der Waals surface area contributed by atoms with Gasteiger partial charge in [0.1, 0.15) is 11.7 Å². The summed E-state index contributed by atoms with van der Waals surface area (Å²) in [5.41, 5.74) is 3.13. The van der Waals surface area contributed by atoms with Gasteiger partial charge in [0.05, 0.1) is 16.9 Å². The highest BCUT2D eigenvalue weighted by molar-refractivity contribution is 6.30. The van der Waals surface area contributed by atoms with E-state index in [-0.39, 0.29) is 11.6 Å². The minimum absolute atomic E-state index is 0.0276. The normalized spacial score (nSPS) is 20.5. The molecule has 1 aromatic heterocycles. The fraction of sp³-hybridized carbons (Fsp3) is 0.421. The number of carbonyl (C=O) groups excluding carboxylic acids is 2. The third-order valence-corrected chi connectivity index (χ3v) is 5.13. The van der Waals surface area contributed by atoms with E-state index in [0.29, 0.717) is 17.9 Å². The summed E-state index contributed by atoms with van der Waals surface area (Å²) in [4.78, 5) is 25.4. The van der Waals surface area contributed by atoms with Crippen LogP contribution in [0, 0.1) is 19.3 Å². The summed E-state index contributed by atoms with van der Waals surface area (Å²) in [6.45, 7) is 7.75. The van der Waals surface area contributed by atoms with Gasteiger partial charge in [-0.05, 0) is 49.1 Å². The first-order chi connectivity index (χ1) is 11.2. The number of nitrogens with zero attached hydrogens (tertiary/aromatic N) is 2. The zero-order valence-electron chi connectivity index (χ0n) is 14.4. The van der Waals surface area contributed by atoms with E-state index in [1.165, 1.54) is 0 Å². The molecule has 2 aromatic rings. The number of rotatable bonds is 2. The van der Waals surface area contributed by atoms with E-state index in [2.05, 4.69) is 5.10 Å². The summed E-state index contributed by atoms with van der Waals surface area (Å²) in [5.74, 6) is -0.593. The van der Waals surface area contributed by atoms with Gasteiger partial charge in [0.2, 0.25) is 0 Å². The van der Waals surface area contributed by atoms with Gasteiger partial charge in [-0.3, -0.25) is 9.59 Å². The number of hydrogen-bond acceptors (Lipinski definition) is 3. The van der Waals surface area contributed by atoms with Gasteiger partial charge in [-0.2, -0.15) is 5.10 Å². The van der Waals surface area contributed by atoms with Crippen LogP contribution >= 0.6 is 11.6 Å². The van der Waals surface area contributed by atoms with Crippen molar-refractivity contribution in [3.8, 4) is 5.69 Å². The number of benzene rings is 1. The molecule has 0 amide bonds. The van der Waals surface area contributed by atoms with E-state index < -0.39 is 11.3 Å². The van der Waals surface area contributed by atoms with Crippen molar-refractivity contribution >= 4 is 23.2 Å². The Hall–Kier alpha value is -1.94. The van der Waals surface area contributed by atoms with Crippen molar-refractivity contribution in [2.45, 2.75) is 46.5 Å². The van der Waals surface area contributed by atoms with Crippen LogP contribution in [-0.4, -0.2) is 21.3 Å². The molecule has 1 aliphatic rings. The quantitative estimate of drug-likeness (QED) is 0.768. The van der Waals surface area contributed by atoms with Crippen LogP contribution in [0.5, 0.6) is 0 Å². The predicted octanol–water partition coefficient (Wildman–Crippen LogP) is 4.18. The number of Topliss-reactive ketones (excluding diaryl/α,β-unsaturated/α-hetero) is 2. The number of aryl methyl sites for hydroxylation is 2. The molecule has 0 radical (unpaired) electrons. The van der Waals surface area contributed by atoms with Gasteiger partial charge in [-0.1, -0.05) is 25.4 Å². The Morgan fingerprint density at radius 2 is 1.83 bits per heavy atom. The molecule has 3 rings (SSSR count). The summed E-state index contributed by atoms with van der Waals surface area (Å²) < 4.78 is 1.70. The summed E-state index contributed by atoms with van der Waals surface area (Å²) >= 11 is 5.94. The zero-order chi connectivity index (χ0) is 17.6. The molecule has 24 heavy (non-hydrogen) atoms. The van der Waals surface area contributed by atoms with E-state index in [9.17, 15) is 9.59 Å². The molecule has 1 aliphatic carbocycles. The van der Waals surface area contributed by atoms with E-state index >= 15 is 0 Å². The molecule has 0 saturated heterocycles. The Labute approximate surface area is 146 Å². The summed E-state index contributed by atoms with van der Waals surface area (Å²) in [7, 11) is 0. The Bertz CT molecular complexity index is 813. The van der Waals surface area contributed by atoms with Crippen molar-refractivity contribution in [1.82, 2.24) is 9.78 Å². The third kappa shape index (κ3) is 2.80. The summed E-state index contributed by atoms with van der Waals surface area (Å²) in [6.07, 6.45) is 4.40. The lowest BCUT2D eigenvalue weighted by Gasteiger charge is -2.34. The molecule has 1 aromatic carbocycles. The zero-order valence-corrected chi connectivity index (χ0v) is 15.1. The van der Waals surface area contributed by atoms with Crippen molar-refractivity contribution < 1.29 is 9.59 Å². The second kappa shape index (κ2) is 5.85. The molecule has 0 N–H and O–H groups in total. The Morgan fingerprint density at radius 1 is 1.21 bits per heavy atom. The van der Waals surface area contributed by atoms with E-state index in [4.69, 9.17) is 11.6 Å². The molecule has 0 aliphatic heterocycles. The fourth-order valence-electron chi connectivity index (χ4n) is 3.51. The monoisotopic (exact) mass is 344 g/mol. The molecule has 1 heterocycles. The topological polar surface area (TPSA) is 52.0 Å². The molecule has 1 saturated carbocycles. The predicted molar refractivity (Wildman–Crippen MR) is 93.8 cm³/mol. The lowest BCUT2D eigenvalue weighted by Crippen LogP contribution is -2.39. The first-order valence-electron chi connectivity index (χ1n) is 8.09. The van der Waals surface area contributed by atoms with Crippen molar-refractivity contribution in [2.24, 2.45) is 5.41 Å². The van der Waals surface area contributed by atoms with Crippen LogP contribution in [-0.2, 0) is 9.59 Å². The SMILES string of the molecule is Cc1cc(-n2cc(Cl)cn2)cc(C)c1C1C(=O)CCC(C)(C)C1=O. The molecule has 1 fully saturated rings.